The first-order valence-electron chi connectivity index (χ1n) is 9.60. The van der Waals surface area contributed by atoms with Gasteiger partial charge >= 0.3 is 12.1 Å². The monoisotopic (exact) mass is 381 g/mol. The molecule has 0 aromatic heterocycles. The molecular weight excluding hydrogens is 354 g/mol. The van der Waals surface area contributed by atoms with Crippen LogP contribution >= 0.6 is 0 Å². The lowest BCUT2D eigenvalue weighted by Gasteiger charge is -2.33. The number of hydrogen-bond donors (Lipinski definition) is 0. The van der Waals surface area contributed by atoms with Crippen LogP contribution in [0.25, 0.3) is 0 Å². The van der Waals surface area contributed by atoms with Crippen molar-refractivity contribution in [2.45, 2.75) is 52.7 Å². The summed E-state index contributed by atoms with van der Waals surface area (Å²) < 4.78 is 11.1. The Kier molecular flexibility index (Phi) is 5.73. The molecule has 28 heavy (non-hydrogen) atoms. The molecule has 0 radical (unpaired) electrons. The minimum atomic E-state index is -0.550. The molecule has 0 N–H and O–H groups in total. The highest BCUT2D eigenvalue weighted by atomic mass is 16.6. The Balaban J connectivity index is 1.81. The van der Waals surface area contributed by atoms with Crippen LogP contribution in [0.1, 0.15) is 54.2 Å². The van der Waals surface area contributed by atoms with Gasteiger partial charge in [-0.05, 0) is 69.4 Å². The number of esters is 1. The minimum absolute atomic E-state index is 0.162. The van der Waals surface area contributed by atoms with Gasteiger partial charge in [0.25, 0.3) is 0 Å². The van der Waals surface area contributed by atoms with E-state index in [1.54, 1.807) is 29.2 Å². The smallest absolute Gasteiger partial charge is 0.414 e. The third kappa shape index (κ3) is 4.53. The van der Waals surface area contributed by atoms with E-state index >= 15 is 0 Å². The zero-order valence-electron chi connectivity index (χ0n) is 17.0. The van der Waals surface area contributed by atoms with Gasteiger partial charge in [-0.25, -0.2) is 9.59 Å². The number of hydrogen-bond acceptors (Lipinski definition) is 4. The van der Waals surface area contributed by atoms with E-state index < -0.39 is 5.60 Å². The van der Waals surface area contributed by atoms with Gasteiger partial charge in [0.2, 0.25) is 0 Å². The van der Waals surface area contributed by atoms with Crippen LogP contribution in [0.3, 0.4) is 0 Å². The lowest BCUT2D eigenvalue weighted by atomic mass is 9.95. The molecule has 0 spiro atoms. The minimum Gasteiger partial charge on any atom is -0.457 e. The van der Waals surface area contributed by atoms with E-state index in [1.807, 2.05) is 45.9 Å². The van der Waals surface area contributed by atoms with Crippen molar-refractivity contribution >= 4 is 17.7 Å². The number of ether oxygens (including phenoxy) is 2. The fourth-order valence-corrected chi connectivity index (χ4v) is 3.37. The van der Waals surface area contributed by atoms with Crippen molar-refractivity contribution < 1.29 is 19.1 Å². The lowest BCUT2D eigenvalue weighted by molar-refractivity contribution is 0.0470. The van der Waals surface area contributed by atoms with Crippen molar-refractivity contribution in [3.8, 4) is 0 Å². The van der Waals surface area contributed by atoms with E-state index in [0.717, 1.165) is 35.2 Å². The highest BCUT2D eigenvalue weighted by molar-refractivity contribution is 5.91. The fourth-order valence-electron chi connectivity index (χ4n) is 3.37. The van der Waals surface area contributed by atoms with E-state index in [-0.39, 0.29) is 18.7 Å². The SMILES string of the molecule is Cc1c(COC(=O)c2ccccc2)ccc2c1N(C(=O)OC(C)(C)C)CCC2. The van der Waals surface area contributed by atoms with Gasteiger partial charge in [0.05, 0.1) is 11.3 Å². The first-order chi connectivity index (χ1) is 13.3. The normalized spacial score (nSPS) is 13.6. The number of aryl methyl sites for hydroxylation is 1. The molecule has 1 amide bonds. The molecule has 5 heteroatoms. The second kappa shape index (κ2) is 8.05. The summed E-state index contributed by atoms with van der Waals surface area (Å²) in [6.07, 6.45) is 1.48. The molecule has 5 nitrogen and oxygen atoms in total. The van der Waals surface area contributed by atoms with Crippen LogP contribution in [0.5, 0.6) is 0 Å². The van der Waals surface area contributed by atoms with Crippen molar-refractivity contribution in [3.05, 3.63) is 64.7 Å². The molecular formula is C23H27NO4. The van der Waals surface area contributed by atoms with Crippen LogP contribution < -0.4 is 4.90 Å². The summed E-state index contributed by atoms with van der Waals surface area (Å²) in [5.41, 5.74) is 3.81. The summed E-state index contributed by atoms with van der Waals surface area (Å²) in [4.78, 5) is 26.7. The van der Waals surface area contributed by atoms with Gasteiger partial charge in [-0.3, -0.25) is 4.90 Å². The number of fused-ring (bicyclic) bond motifs is 1. The third-order valence-electron chi connectivity index (χ3n) is 4.71. The Morgan fingerprint density at radius 2 is 1.79 bits per heavy atom. The summed E-state index contributed by atoms with van der Waals surface area (Å²) >= 11 is 0. The van der Waals surface area contributed by atoms with Gasteiger partial charge < -0.3 is 9.47 Å². The van der Waals surface area contributed by atoms with Crippen molar-refractivity contribution in [3.63, 3.8) is 0 Å². The molecule has 1 aliphatic heterocycles. The standard InChI is InChI=1S/C23H27NO4/c1-16-19(15-27-21(25)18-9-6-5-7-10-18)13-12-17-11-8-14-24(20(16)17)22(26)28-23(2,3)4/h5-7,9-10,12-13H,8,11,14-15H2,1-4H3. The van der Waals surface area contributed by atoms with E-state index in [4.69, 9.17) is 9.47 Å². The van der Waals surface area contributed by atoms with Gasteiger partial charge in [0.15, 0.2) is 0 Å². The van der Waals surface area contributed by atoms with Crippen molar-refractivity contribution in [2.75, 3.05) is 11.4 Å². The summed E-state index contributed by atoms with van der Waals surface area (Å²) in [6, 6.07) is 12.9. The molecule has 0 aliphatic carbocycles. The molecule has 3 rings (SSSR count). The molecule has 2 aromatic rings. The molecule has 2 aromatic carbocycles. The highest BCUT2D eigenvalue weighted by Crippen LogP contribution is 2.34. The summed E-state index contributed by atoms with van der Waals surface area (Å²) in [5, 5.41) is 0. The molecule has 0 fully saturated rings. The molecule has 1 aliphatic rings. The van der Waals surface area contributed by atoms with E-state index in [1.165, 1.54) is 0 Å². The third-order valence-corrected chi connectivity index (χ3v) is 4.71. The quantitative estimate of drug-likeness (QED) is 0.699. The molecule has 0 atom stereocenters. The van der Waals surface area contributed by atoms with Crippen molar-refractivity contribution in [1.29, 1.82) is 0 Å². The maximum absolute atomic E-state index is 12.7. The van der Waals surface area contributed by atoms with Crippen molar-refractivity contribution in [2.24, 2.45) is 0 Å². The zero-order chi connectivity index (χ0) is 20.3. The number of rotatable bonds is 3. The zero-order valence-corrected chi connectivity index (χ0v) is 17.0. The first kappa shape index (κ1) is 19.9. The maximum Gasteiger partial charge on any atom is 0.414 e. The molecule has 148 valence electrons. The number of amides is 1. The Hall–Kier alpha value is -2.82. The summed E-state index contributed by atoms with van der Waals surface area (Å²) in [7, 11) is 0. The average Bonchev–Trinajstić information content (AvgIpc) is 2.66. The second-order valence-corrected chi connectivity index (χ2v) is 8.04. The van der Waals surface area contributed by atoms with Crippen LogP contribution in [0.2, 0.25) is 0 Å². The van der Waals surface area contributed by atoms with E-state index in [0.29, 0.717) is 12.1 Å². The van der Waals surface area contributed by atoms with Crippen LogP contribution in [0.4, 0.5) is 10.5 Å². The number of nitrogens with zero attached hydrogens (tertiary/aromatic N) is 1. The second-order valence-electron chi connectivity index (χ2n) is 8.04. The molecule has 0 saturated carbocycles. The topological polar surface area (TPSA) is 55.8 Å². The van der Waals surface area contributed by atoms with E-state index in [9.17, 15) is 9.59 Å². The van der Waals surface area contributed by atoms with Gasteiger partial charge in [-0.1, -0.05) is 30.3 Å². The van der Waals surface area contributed by atoms with Gasteiger partial charge in [0.1, 0.15) is 12.2 Å². The van der Waals surface area contributed by atoms with Gasteiger partial charge in [-0.2, -0.15) is 0 Å². The van der Waals surface area contributed by atoms with Crippen LogP contribution in [0, 0.1) is 6.92 Å². The molecule has 1 heterocycles. The van der Waals surface area contributed by atoms with Crippen LogP contribution in [0.15, 0.2) is 42.5 Å². The largest absolute Gasteiger partial charge is 0.457 e. The highest BCUT2D eigenvalue weighted by Gasteiger charge is 2.29. The lowest BCUT2D eigenvalue weighted by Crippen LogP contribution is -2.40. The van der Waals surface area contributed by atoms with Crippen LogP contribution in [-0.2, 0) is 22.5 Å². The number of benzene rings is 2. The Morgan fingerprint density at radius 3 is 2.46 bits per heavy atom. The predicted molar refractivity (Wildman–Crippen MR) is 109 cm³/mol. The summed E-state index contributed by atoms with van der Waals surface area (Å²) in [6.45, 7) is 8.34. The number of anilines is 1. The van der Waals surface area contributed by atoms with Gasteiger partial charge in [-0.15, -0.1) is 0 Å². The first-order valence-corrected chi connectivity index (χ1v) is 9.60. The fraction of sp³-hybridized carbons (Fsp3) is 0.391. The molecule has 0 unspecified atom stereocenters. The number of carbonyl (C=O) groups excluding carboxylic acids is 2. The average molecular weight is 381 g/mol. The van der Waals surface area contributed by atoms with Crippen molar-refractivity contribution in [1.82, 2.24) is 0 Å². The Morgan fingerprint density at radius 1 is 1.07 bits per heavy atom. The molecule has 0 saturated heterocycles. The van der Waals surface area contributed by atoms with Gasteiger partial charge in [0, 0.05) is 6.54 Å². The summed E-state index contributed by atoms with van der Waals surface area (Å²) in [5.74, 6) is -0.360. The maximum atomic E-state index is 12.7. The Labute approximate surface area is 166 Å². The van der Waals surface area contributed by atoms with Crippen LogP contribution in [-0.4, -0.2) is 24.2 Å². The molecule has 0 bridgehead atoms. The van der Waals surface area contributed by atoms with E-state index in [2.05, 4.69) is 0 Å². The predicted octanol–water partition coefficient (Wildman–Crippen LogP) is 5.04. The Bertz CT molecular complexity index is 868. The number of carbonyl (C=O) groups is 2.